The van der Waals surface area contributed by atoms with Crippen molar-refractivity contribution >= 4 is 28.3 Å². The van der Waals surface area contributed by atoms with E-state index in [4.69, 9.17) is 4.74 Å². The van der Waals surface area contributed by atoms with Crippen molar-refractivity contribution in [3.8, 4) is 0 Å². The van der Waals surface area contributed by atoms with E-state index < -0.39 is 11.7 Å². The van der Waals surface area contributed by atoms with Crippen LogP contribution in [0.5, 0.6) is 0 Å². The zero-order chi connectivity index (χ0) is 14.5. The van der Waals surface area contributed by atoms with Gasteiger partial charge in [-0.2, -0.15) is 0 Å². The molecule has 0 aliphatic heterocycles. The molecular weight excluding hydrogens is 312 g/mol. The van der Waals surface area contributed by atoms with Gasteiger partial charge in [-0.25, -0.2) is 9.78 Å². The second-order valence-corrected chi connectivity index (χ2v) is 5.83. The van der Waals surface area contributed by atoms with Crippen molar-refractivity contribution in [2.24, 2.45) is 0 Å². The van der Waals surface area contributed by atoms with E-state index in [-0.39, 0.29) is 0 Å². The number of nitrogens with zero attached hydrogens (tertiary/aromatic N) is 1. The van der Waals surface area contributed by atoms with Crippen molar-refractivity contribution in [2.45, 2.75) is 32.8 Å². The molecule has 5 nitrogen and oxygen atoms in total. The Balaban J connectivity index is 2.47. The molecule has 19 heavy (non-hydrogen) atoms. The van der Waals surface area contributed by atoms with Crippen LogP contribution in [0.3, 0.4) is 0 Å². The molecule has 0 spiro atoms. The maximum atomic E-state index is 11.4. The van der Waals surface area contributed by atoms with Gasteiger partial charge in [-0.05, 0) is 60.8 Å². The summed E-state index contributed by atoms with van der Waals surface area (Å²) in [5.41, 5.74) is 0.774. The lowest BCUT2D eigenvalue weighted by Crippen LogP contribution is -2.33. The Hall–Kier alpha value is -1.43. The van der Waals surface area contributed by atoms with Crippen molar-refractivity contribution in [3.63, 3.8) is 0 Å². The van der Waals surface area contributed by atoms with Crippen LogP contribution in [-0.2, 0) is 11.2 Å². The Kier molecular flexibility index (Phi) is 5.47. The molecule has 0 unspecified atom stereocenters. The summed E-state index contributed by atoms with van der Waals surface area (Å²) in [5.74, 6) is 0. The van der Waals surface area contributed by atoms with Crippen LogP contribution in [0.4, 0.5) is 4.79 Å². The second kappa shape index (κ2) is 6.65. The molecule has 6 heteroatoms. The summed E-state index contributed by atoms with van der Waals surface area (Å²) in [6.07, 6.45) is 0.841. The largest absolute Gasteiger partial charge is 0.444 e. The summed E-state index contributed by atoms with van der Waals surface area (Å²) in [7, 11) is 0. The van der Waals surface area contributed by atoms with Crippen LogP contribution in [0.25, 0.3) is 0 Å². The normalized spacial score (nSPS) is 10.9. The molecule has 0 aromatic carbocycles. The smallest absolute Gasteiger partial charge is 0.407 e. The van der Waals surface area contributed by atoms with Gasteiger partial charge in [0.05, 0.1) is 0 Å². The standard InChI is InChI=1S/C13H17BrN2O3/c1-13(2,3)19-12(18)15-5-4-9-6-10(8-17)16-11(14)7-9/h6-8H,4-5H2,1-3H3,(H,15,18). The molecule has 1 amide bonds. The molecule has 0 fully saturated rings. The number of ether oxygens (including phenoxy) is 1. The highest BCUT2D eigenvalue weighted by atomic mass is 79.9. The molecule has 104 valence electrons. The van der Waals surface area contributed by atoms with Gasteiger partial charge >= 0.3 is 6.09 Å². The SMILES string of the molecule is CC(C)(C)OC(=O)NCCc1cc(Br)nc(C=O)c1. The number of nitrogens with one attached hydrogen (secondary N) is 1. The van der Waals surface area contributed by atoms with E-state index in [2.05, 4.69) is 26.2 Å². The third-order valence-electron chi connectivity index (χ3n) is 2.08. The lowest BCUT2D eigenvalue weighted by molar-refractivity contribution is 0.0528. The Morgan fingerprint density at radius 1 is 1.47 bits per heavy atom. The van der Waals surface area contributed by atoms with E-state index in [0.717, 1.165) is 5.56 Å². The first kappa shape index (κ1) is 15.6. The van der Waals surface area contributed by atoms with Crippen LogP contribution in [-0.4, -0.2) is 29.5 Å². The third kappa shape index (κ3) is 6.33. The topological polar surface area (TPSA) is 68.3 Å². The highest BCUT2D eigenvalue weighted by Crippen LogP contribution is 2.11. The number of rotatable bonds is 4. The zero-order valence-electron chi connectivity index (χ0n) is 11.2. The number of carbonyl (C=O) groups excluding carboxylic acids is 2. The summed E-state index contributed by atoms with van der Waals surface area (Å²) < 4.78 is 5.72. The van der Waals surface area contributed by atoms with Gasteiger partial charge in [-0.15, -0.1) is 0 Å². The lowest BCUT2D eigenvalue weighted by atomic mass is 10.2. The number of pyridine rings is 1. The highest BCUT2D eigenvalue weighted by molar-refractivity contribution is 9.10. The summed E-state index contributed by atoms with van der Waals surface area (Å²) in [5, 5.41) is 2.66. The van der Waals surface area contributed by atoms with Gasteiger partial charge in [0, 0.05) is 6.54 Å². The van der Waals surface area contributed by atoms with Gasteiger partial charge in [0.15, 0.2) is 6.29 Å². The number of hydrogen-bond donors (Lipinski definition) is 1. The second-order valence-electron chi connectivity index (χ2n) is 5.02. The molecule has 0 aliphatic rings. The monoisotopic (exact) mass is 328 g/mol. The Bertz CT molecular complexity index is 469. The maximum absolute atomic E-state index is 11.4. The van der Waals surface area contributed by atoms with Crippen molar-refractivity contribution in [3.05, 3.63) is 28.0 Å². The number of amides is 1. The zero-order valence-corrected chi connectivity index (χ0v) is 12.8. The molecule has 0 saturated carbocycles. The first-order valence-corrected chi connectivity index (χ1v) is 6.68. The first-order valence-electron chi connectivity index (χ1n) is 5.88. The van der Waals surface area contributed by atoms with Gasteiger partial charge in [0.25, 0.3) is 0 Å². The van der Waals surface area contributed by atoms with Gasteiger partial charge in [0.2, 0.25) is 0 Å². The van der Waals surface area contributed by atoms with Crippen LogP contribution in [0.1, 0.15) is 36.8 Å². The van der Waals surface area contributed by atoms with Crippen molar-refractivity contribution in [2.75, 3.05) is 6.54 Å². The van der Waals surface area contributed by atoms with Gasteiger partial charge in [-0.1, -0.05) is 0 Å². The van der Waals surface area contributed by atoms with Gasteiger partial charge in [0.1, 0.15) is 15.9 Å². The number of hydrogen-bond acceptors (Lipinski definition) is 4. The molecule has 1 aromatic rings. The van der Waals surface area contributed by atoms with Crippen LogP contribution in [0.15, 0.2) is 16.7 Å². The van der Waals surface area contributed by atoms with E-state index in [9.17, 15) is 9.59 Å². The van der Waals surface area contributed by atoms with Crippen LogP contribution in [0, 0.1) is 0 Å². The molecule has 1 N–H and O–H groups in total. The number of carbonyl (C=O) groups is 2. The number of halogens is 1. The lowest BCUT2D eigenvalue weighted by Gasteiger charge is -2.19. The van der Waals surface area contributed by atoms with Crippen LogP contribution < -0.4 is 5.32 Å². The average molecular weight is 329 g/mol. The average Bonchev–Trinajstić information content (AvgIpc) is 2.25. The Labute approximate surface area is 120 Å². The Morgan fingerprint density at radius 2 is 2.16 bits per heavy atom. The van der Waals surface area contributed by atoms with Gasteiger partial charge < -0.3 is 10.1 Å². The molecule has 1 heterocycles. The minimum absolute atomic E-state index is 0.363. The summed E-state index contributed by atoms with van der Waals surface area (Å²) in [6, 6.07) is 3.50. The van der Waals surface area contributed by atoms with E-state index in [1.165, 1.54) is 0 Å². The first-order chi connectivity index (χ1) is 8.80. The van der Waals surface area contributed by atoms with E-state index in [1.807, 2.05) is 26.8 Å². The van der Waals surface area contributed by atoms with Crippen molar-refractivity contribution in [1.82, 2.24) is 10.3 Å². The number of alkyl carbamates (subject to hydrolysis) is 1. The van der Waals surface area contributed by atoms with Crippen molar-refractivity contribution in [1.29, 1.82) is 0 Å². The molecular formula is C13H17BrN2O3. The summed E-state index contributed by atoms with van der Waals surface area (Å²) in [6.45, 7) is 5.86. The van der Waals surface area contributed by atoms with E-state index in [1.54, 1.807) is 6.07 Å². The summed E-state index contributed by atoms with van der Waals surface area (Å²) in [4.78, 5) is 26.1. The molecule has 0 aliphatic carbocycles. The minimum atomic E-state index is -0.505. The molecule has 1 rings (SSSR count). The molecule has 0 radical (unpaired) electrons. The van der Waals surface area contributed by atoms with Crippen LogP contribution in [0.2, 0.25) is 0 Å². The van der Waals surface area contributed by atoms with Gasteiger partial charge in [-0.3, -0.25) is 4.79 Å². The molecule has 1 aromatic heterocycles. The summed E-state index contributed by atoms with van der Waals surface area (Å²) >= 11 is 3.23. The fourth-order valence-electron chi connectivity index (χ4n) is 1.40. The van der Waals surface area contributed by atoms with E-state index >= 15 is 0 Å². The fraction of sp³-hybridized carbons (Fsp3) is 0.462. The quantitative estimate of drug-likeness (QED) is 0.681. The maximum Gasteiger partial charge on any atom is 0.407 e. The molecule has 0 saturated heterocycles. The third-order valence-corrected chi connectivity index (χ3v) is 2.48. The highest BCUT2D eigenvalue weighted by Gasteiger charge is 2.15. The number of aldehydes is 1. The minimum Gasteiger partial charge on any atom is -0.444 e. The molecule has 0 bridgehead atoms. The van der Waals surface area contributed by atoms with Crippen LogP contribution >= 0.6 is 15.9 Å². The Morgan fingerprint density at radius 3 is 2.74 bits per heavy atom. The number of aromatic nitrogens is 1. The fourth-order valence-corrected chi connectivity index (χ4v) is 1.90. The van der Waals surface area contributed by atoms with E-state index in [0.29, 0.717) is 29.5 Å². The molecule has 0 atom stereocenters. The predicted molar refractivity (Wildman–Crippen MR) is 75.3 cm³/mol. The van der Waals surface area contributed by atoms with Crippen molar-refractivity contribution < 1.29 is 14.3 Å². The predicted octanol–water partition coefficient (Wildman–Crippen LogP) is 2.72.